The summed E-state index contributed by atoms with van der Waals surface area (Å²) in [5.41, 5.74) is 5.67. The van der Waals surface area contributed by atoms with Crippen molar-refractivity contribution in [1.82, 2.24) is 0 Å². The van der Waals surface area contributed by atoms with E-state index < -0.39 is 5.91 Å². The number of halogens is 1. The van der Waals surface area contributed by atoms with Crippen LogP contribution in [0.1, 0.15) is 10.4 Å². The van der Waals surface area contributed by atoms with Crippen LogP contribution in [-0.4, -0.2) is 5.91 Å². The van der Waals surface area contributed by atoms with E-state index in [4.69, 9.17) is 17.3 Å². The van der Waals surface area contributed by atoms with Crippen LogP contribution in [0.3, 0.4) is 0 Å². The number of fused-ring (bicyclic) bond motifs is 1. The number of carbonyl (C=O) groups excluding carboxylic acids is 1. The Bertz CT molecular complexity index is 508. The Morgan fingerprint density at radius 3 is 2.50 bits per heavy atom. The lowest BCUT2D eigenvalue weighted by Crippen LogP contribution is -2.10. The molecule has 0 aliphatic heterocycles. The maximum atomic E-state index is 10.9. The highest BCUT2D eigenvalue weighted by Crippen LogP contribution is 2.20. The molecule has 0 atom stereocenters. The van der Waals surface area contributed by atoms with Gasteiger partial charge in [-0.15, -0.1) is 0 Å². The highest BCUT2D eigenvalue weighted by Gasteiger charge is 2.01. The van der Waals surface area contributed by atoms with Crippen molar-refractivity contribution in [2.24, 2.45) is 5.73 Å². The van der Waals surface area contributed by atoms with Crippen LogP contribution in [0.15, 0.2) is 36.4 Å². The van der Waals surface area contributed by atoms with Crippen LogP contribution in [0.5, 0.6) is 0 Å². The molecule has 70 valence electrons. The molecular weight excluding hydrogens is 198 g/mol. The molecule has 2 nitrogen and oxygen atoms in total. The largest absolute Gasteiger partial charge is 0.366 e. The fourth-order valence-corrected chi connectivity index (χ4v) is 1.55. The molecule has 0 saturated carbocycles. The van der Waals surface area contributed by atoms with E-state index in [-0.39, 0.29) is 0 Å². The van der Waals surface area contributed by atoms with E-state index >= 15 is 0 Å². The lowest BCUT2D eigenvalue weighted by atomic mass is 10.1. The SMILES string of the molecule is NC(=O)c1ccc2ccc(Cl)cc2c1. The second kappa shape index (κ2) is 3.31. The zero-order valence-electron chi connectivity index (χ0n) is 7.33. The van der Waals surface area contributed by atoms with Gasteiger partial charge in [0.1, 0.15) is 0 Å². The third kappa shape index (κ3) is 1.56. The van der Waals surface area contributed by atoms with E-state index in [1.807, 2.05) is 24.3 Å². The minimum atomic E-state index is -0.424. The zero-order chi connectivity index (χ0) is 10.1. The van der Waals surface area contributed by atoms with Crippen LogP contribution in [0.2, 0.25) is 5.02 Å². The molecule has 0 spiro atoms. The van der Waals surface area contributed by atoms with Crippen molar-refractivity contribution < 1.29 is 4.79 Å². The van der Waals surface area contributed by atoms with Gasteiger partial charge in [-0.25, -0.2) is 0 Å². The van der Waals surface area contributed by atoms with E-state index in [1.165, 1.54) is 0 Å². The van der Waals surface area contributed by atoms with Crippen molar-refractivity contribution in [3.8, 4) is 0 Å². The molecule has 14 heavy (non-hydrogen) atoms. The molecule has 0 saturated heterocycles. The number of nitrogens with two attached hydrogens (primary N) is 1. The van der Waals surface area contributed by atoms with Gasteiger partial charge in [-0.3, -0.25) is 4.79 Å². The van der Waals surface area contributed by atoms with E-state index in [0.29, 0.717) is 10.6 Å². The van der Waals surface area contributed by atoms with Crippen LogP contribution in [-0.2, 0) is 0 Å². The summed E-state index contributed by atoms with van der Waals surface area (Å²) < 4.78 is 0. The lowest BCUT2D eigenvalue weighted by Gasteiger charge is -2.00. The van der Waals surface area contributed by atoms with Crippen LogP contribution < -0.4 is 5.73 Å². The summed E-state index contributed by atoms with van der Waals surface area (Å²) in [6.07, 6.45) is 0. The van der Waals surface area contributed by atoms with Gasteiger partial charge < -0.3 is 5.73 Å². The number of benzene rings is 2. The Hall–Kier alpha value is -1.54. The van der Waals surface area contributed by atoms with Gasteiger partial charge in [-0.2, -0.15) is 0 Å². The molecule has 2 aromatic carbocycles. The summed E-state index contributed by atoms with van der Waals surface area (Å²) in [7, 11) is 0. The molecule has 1 amide bonds. The molecule has 0 bridgehead atoms. The van der Waals surface area contributed by atoms with Gasteiger partial charge in [0.25, 0.3) is 0 Å². The Labute approximate surface area is 86.3 Å². The van der Waals surface area contributed by atoms with Crippen molar-refractivity contribution in [3.63, 3.8) is 0 Å². The quantitative estimate of drug-likeness (QED) is 0.764. The molecule has 0 unspecified atom stereocenters. The molecule has 0 radical (unpaired) electrons. The van der Waals surface area contributed by atoms with Crippen LogP contribution >= 0.6 is 11.6 Å². The summed E-state index contributed by atoms with van der Waals surface area (Å²) in [4.78, 5) is 10.9. The van der Waals surface area contributed by atoms with E-state index in [0.717, 1.165) is 10.8 Å². The predicted molar refractivity (Wildman–Crippen MR) is 57.5 cm³/mol. The first kappa shape index (κ1) is 9.03. The Morgan fingerprint density at radius 1 is 1.07 bits per heavy atom. The van der Waals surface area contributed by atoms with Crippen LogP contribution in [0.25, 0.3) is 10.8 Å². The molecule has 0 aromatic heterocycles. The minimum absolute atomic E-state index is 0.424. The molecule has 2 rings (SSSR count). The number of carbonyl (C=O) groups is 1. The number of amides is 1. The van der Waals surface area contributed by atoms with Gasteiger partial charge in [0.15, 0.2) is 0 Å². The van der Waals surface area contributed by atoms with E-state index in [1.54, 1.807) is 12.1 Å². The highest BCUT2D eigenvalue weighted by atomic mass is 35.5. The summed E-state index contributed by atoms with van der Waals surface area (Å²) in [6.45, 7) is 0. The van der Waals surface area contributed by atoms with Crippen molar-refractivity contribution in [3.05, 3.63) is 47.0 Å². The van der Waals surface area contributed by atoms with Gasteiger partial charge in [0.2, 0.25) is 5.91 Å². The first-order valence-electron chi connectivity index (χ1n) is 4.16. The zero-order valence-corrected chi connectivity index (χ0v) is 8.08. The highest BCUT2D eigenvalue weighted by molar-refractivity contribution is 6.31. The standard InChI is InChI=1S/C11H8ClNO/c12-10-4-3-7-1-2-8(11(13)14)5-9(7)6-10/h1-6H,(H2,13,14). The smallest absolute Gasteiger partial charge is 0.248 e. The predicted octanol–water partition coefficient (Wildman–Crippen LogP) is 2.59. The van der Waals surface area contributed by atoms with E-state index in [9.17, 15) is 4.79 Å². The van der Waals surface area contributed by atoms with Gasteiger partial charge in [-0.05, 0) is 35.0 Å². The Kier molecular flexibility index (Phi) is 2.14. The lowest BCUT2D eigenvalue weighted by molar-refractivity contribution is 0.100. The maximum Gasteiger partial charge on any atom is 0.248 e. The molecule has 3 heteroatoms. The topological polar surface area (TPSA) is 43.1 Å². The second-order valence-electron chi connectivity index (χ2n) is 3.07. The minimum Gasteiger partial charge on any atom is -0.366 e. The first-order chi connectivity index (χ1) is 6.66. The molecule has 0 fully saturated rings. The van der Waals surface area contributed by atoms with Crippen molar-refractivity contribution in [1.29, 1.82) is 0 Å². The monoisotopic (exact) mass is 205 g/mol. The third-order valence-corrected chi connectivity index (χ3v) is 2.32. The Morgan fingerprint density at radius 2 is 1.79 bits per heavy atom. The summed E-state index contributed by atoms with van der Waals surface area (Å²) in [5, 5.41) is 2.62. The van der Waals surface area contributed by atoms with Crippen molar-refractivity contribution in [2.75, 3.05) is 0 Å². The normalized spacial score (nSPS) is 10.4. The molecular formula is C11H8ClNO. The van der Waals surface area contributed by atoms with Gasteiger partial charge >= 0.3 is 0 Å². The van der Waals surface area contributed by atoms with Crippen molar-refractivity contribution >= 4 is 28.3 Å². The first-order valence-corrected chi connectivity index (χ1v) is 4.54. The number of hydrogen-bond acceptors (Lipinski definition) is 1. The average molecular weight is 206 g/mol. The summed E-state index contributed by atoms with van der Waals surface area (Å²) in [5.74, 6) is -0.424. The van der Waals surface area contributed by atoms with Crippen molar-refractivity contribution in [2.45, 2.75) is 0 Å². The van der Waals surface area contributed by atoms with Gasteiger partial charge in [-0.1, -0.05) is 23.7 Å². The fourth-order valence-electron chi connectivity index (χ4n) is 1.37. The summed E-state index contributed by atoms with van der Waals surface area (Å²) in [6, 6.07) is 10.8. The van der Waals surface area contributed by atoms with E-state index in [2.05, 4.69) is 0 Å². The third-order valence-electron chi connectivity index (χ3n) is 2.09. The second-order valence-corrected chi connectivity index (χ2v) is 3.51. The molecule has 0 aliphatic carbocycles. The maximum absolute atomic E-state index is 10.9. The number of primary amides is 1. The Balaban J connectivity index is 2.69. The number of hydrogen-bond donors (Lipinski definition) is 1. The average Bonchev–Trinajstić information content (AvgIpc) is 2.16. The molecule has 2 aromatic rings. The summed E-state index contributed by atoms with van der Waals surface area (Å²) >= 11 is 5.83. The van der Waals surface area contributed by atoms with Crippen LogP contribution in [0.4, 0.5) is 0 Å². The number of rotatable bonds is 1. The van der Waals surface area contributed by atoms with Gasteiger partial charge in [0, 0.05) is 10.6 Å². The van der Waals surface area contributed by atoms with Gasteiger partial charge in [0.05, 0.1) is 0 Å². The fraction of sp³-hybridized carbons (Fsp3) is 0. The molecule has 0 aliphatic rings. The molecule has 2 N–H and O–H groups in total. The van der Waals surface area contributed by atoms with Crippen LogP contribution in [0, 0.1) is 0 Å². The molecule has 0 heterocycles.